The van der Waals surface area contributed by atoms with Crippen LogP contribution in [-0.4, -0.2) is 25.8 Å². The molecule has 1 fully saturated rings. The van der Waals surface area contributed by atoms with Gasteiger partial charge in [-0.2, -0.15) is 4.31 Å². The smallest absolute Gasteiger partial charge is 0.207 e. The van der Waals surface area contributed by atoms with Crippen LogP contribution in [0, 0.1) is 0 Å². The summed E-state index contributed by atoms with van der Waals surface area (Å²) in [7, 11) is -1.62. The second-order valence-corrected chi connectivity index (χ2v) is 8.03. The van der Waals surface area contributed by atoms with E-state index in [0.29, 0.717) is 10.8 Å². The Balaban J connectivity index is 2.20. The van der Waals surface area contributed by atoms with Crippen LogP contribution in [0.3, 0.4) is 0 Å². The first-order valence-electron chi connectivity index (χ1n) is 7.51. The third-order valence-corrected chi connectivity index (χ3v) is 6.24. The second kappa shape index (κ2) is 6.27. The molecular weight excluding hydrogens is 270 g/mol. The molecule has 112 valence electrons. The highest BCUT2D eigenvalue weighted by molar-refractivity contribution is 7.89. The van der Waals surface area contributed by atoms with Gasteiger partial charge < -0.3 is 0 Å². The Morgan fingerprint density at radius 3 is 2.10 bits per heavy atom. The summed E-state index contributed by atoms with van der Waals surface area (Å²) in [6, 6.07) is 7.49. The number of rotatable bonds is 4. The van der Waals surface area contributed by atoms with Crippen LogP contribution in [0.15, 0.2) is 29.2 Å². The molecule has 1 aliphatic rings. The highest BCUT2D eigenvalue weighted by atomic mass is 32.2. The van der Waals surface area contributed by atoms with Crippen LogP contribution in [0.25, 0.3) is 0 Å². The molecule has 0 saturated heterocycles. The Labute approximate surface area is 123 Å². The van der Waals surface area contributed by atoms with E-state index in [2.05, 4.69) is 13.8 Å². The quantitative estimate of drug-likeness (QED) is 0.848. The fraction of sp³-hybridized carbons (Fsp3) is 0.625. The maximum absolute atomic E-state index is 12.6. The predicted octanol–water partition coefficient (Wildman–Crippen LogP) is 3.76. The zero-order valence-electron chi connectivity index (χ0n) is 12.7. The van der Waals surface area contributed by atoms with Crippen LogP contribution in [0.1, 0.15) is 57.4 Å². The van der Waals surface area contributed by atoms with Gasteiger partial charge in [-0.25, -0.2) is 8.42 Å². The molecule has 0 bridgehead atoms. The number of nitrogens with zero attached hydrogens (tertiary/aromatic N) is 1. The van der Waals surface area contributed by atoms with Crippen molar-refractivity contribution in [3.8, 4) is 0 Å². The van der Waals surface area contributed by atoms with Crippen molar-refractivity contribution < 1.29 is 8.42 Å². The van der Waals surface area contributed by atoms with Gasteiger partial charge in [-0.3, -0.25) is 0 Å². The summed E-state index contributed by atoms with van der Waals surface area (Å²) in [5.41, 5.74) is 1.17. The standard InChI is InChI=1S/C16H25NO2S/c1-13(2)14-9-11-16(12-10-14)20(18,19)17(3)15-7-5-4-6-8-15/h9-13,15H,4-8H2,1-3H3. The van der Waals surface area contributed by atoms with E-state index in [1.165, 1.54) is 12.0 Å². The normalized spacial score (nSPS) is 17.9. The largest absolute Gasteiger partial charge is 0.243 e. The van der Waals surface area contributed by atoms with Gasteiger partial charge in [-0.15, -0.1) is 0 Å². The number of hydrogen-bond donors (Lipinski definition) is 0. The van der Waals surface area contributed by atoms with Gasteiger partial charge in [0, 0.05) is 13.1 Å². The maximum Gasteiger partial charge on any atom is 0.243 e. The van der Waals surface area contributed by atoms with Crippen molar-refractivity contribution in [3.05, 3.63) is 29.8 Å². The molecule has 3 nitrogen and oxygen atoms in total. The second-order valence-electron chi connectivity index (χ2n) is 6.04. The molecule has 1 aromatic carbocycles. The molecule has 1 aromatic rings. The minimum atomic E-state index is -3.35. The van der Waals surface area contributed by atoms with Crippen LogP contribution in [-0.2, 0) is 10.0 Å². The third-order valence-electron chi connectivity index (χ3n) is 4.31. The molecule has 0 unspecified atom stereocenters. The van der Waals surface area contributed by atoms with E-state index in [0.717, 1.165) is 25.7 Å². The zero-order chi connectivity index (χ0) is 14.8. The lowest BCUT2D eigenvalue weighted by molar-refractivity contribution is 0.286. The summed E-state index contributed by atoms with van der Waals surface area (Å²) >= 11 is 0. The van der Waals surface area contributed by atoms with E-state index >= 15 is 0 Å². The van der Waals surface area contributed by atoms with E-state index in [-0.39, 0.29) is 6.04 Å². The molecule has 2 rings (SSSR count). The fourth-order valence-corrected chi connectivity index (χ4v) is 4.25. The summed E-state index contributed by atoms with van der Waals surface area (Å²) in [5, 5.41) is 0. The van der Waals surface area contributed by atoms with Crippen molar-refractivity contribution in [2.24, 2.45) is 0 Å². The van der Waals surface area contributed by atoms with Crippen molar-refractivity contribution in [2.75, 3.05) is 7.05 Å². The molecule has 20 heavy (non-hydrogen) atoms. The number of sulfonamides is 1. The fourth-order valence-electron chi connectivity index (χ4n) is 2.83. The minimum absolute atomic E-state index is 0.165. The van der Waals surface area contributed by atoms with Crippen LogP contribution in [0.5, 0.6) is 0 Å². The van der Waals surface area contributed by atoms with Crippen molar-refractivity contribution in [1.82, 2.24) is 4.31 Å². The third kappa shape index (κ3) is 3.23. The lowest BCUT2D eigenvalue weighted by Gasteiger charge is -2.30. The highest BCUT2D eigenvalue weighted by Crippen LogP contribution is 2.27. The average Bonchev–Trinajstić information content (AvgIpc) is 2.47. The van der Waals surface area contributed by atoms with Crippen LogP contribution in [0.4, 0.5) is 0 Å². The lowest BCUT2D eigenvalue weighted by atomic mass is 9.96. The van der Waals surface area contributed by atoms with E-state index in [9.17, 15) is 8.42 Å². The molecule has 0 aliphatic heterocycles. The van der Waals surface area contributed by atoms with Crippen molar-refractivity contribution in [1.29, 1.82) is 0 Å². The van der Waals surface area contributed by atoms with E-state index < -0.39 is 10.0 Å². The van der Waals surface area contributed by atoms with E-state index in [1.807, 2.05) is 12.1 Å². The van der Waals surface area contributed by atoms with Gasteiger partial charge in [0.05, 0.1) is 4.90 Å². The first-order valence-corrected chi connectivity index (χ1v) is 8.95. The van der Waals surface area contributed by atoms with Crippen LogP contribution >= 0.6 is 0 Å². The maximum atomic E-state index is 12.6. The number of hydrogen-bond acceptors (Lipinski definition) is 2. The first kappa shape index (κ1) is 15.5. The van der Waals surface area contributed by atoms with Crippen LogP contribution < -0.4 is 0 Å². The molecule has 0 N–H and O–H groups in total. The molecule has 0 spiro atoms. The van der Waals surface area contributed by atoms with Gasteiger partial charge in [0.25, 0.3) is 0 Å². The molecule has 0 amide bonds. The Morgan fingerprint density at radius 2 is 1.60 bits per heavy atom. The molecule has 0 atom stereocenters. The molecule has 0 heterocycles. The van der Waals surface area contributed by atoms with Crippen LogP contribution in [0.2, 0.25) is 0 Å². The molecule has 0 radical (unpaired) electrons. The summed E-state index contributed by atoms with van der Waals surface area (Å²) in [5.74, 6) is 0.419. The van der Waals surface area contributed by atoms with Gasteiger partial charge in [-0.1, -0.05) is 45.2 Å². The van der Waals surface area contributed by atoms with Gasteiger partial charge in [-0.05, 0) is 36.5 Å². The van der Waals surface area contributed by atoms with E-state index in [1.54, 1.807) is 23.5 Å². The van der Waals surface area contributed by atoms with Gasteiger partial charge in [0.15, 0.2) is 0 Å². The number of benzene rings is 1. The summed E-state index contributed by atoms with van der Waals surface area (Å²) in [6.45, 7) is 4.22. The Morgan fingerprint density at radius 1 is 1.05 bits per heavy atom. The molecule has 1 aliphatic carbocycles. The lowest BCUT2D eigenvalue weighted by Crippen LogP contribution is -2.38. The topological polar surface area (TPSA) is 37.4 Å². The van der Waals surface area contributed by atoms with Crippen molar-refractivity contribution >= 4 is 10.0 Å². The van der Waals surface area contributed by atoms with Gasteiger partial charge >= 0.3 is 0 Å². The summed E-state index contributed by atoms with van der Waals surface area (Å²) in [4.78, 5) is 0.412. The first-order chi connectivity index (χ1) is 9.43. The molecule has 1 saturated carbocycles. The monoisotopic (exact) mass is 295 g/mol. The Kier molecular flexibility index (Phi) is 4.86. The SMILES string of the molecule is CC(C)c1ccc(S(=O)(=O)N(C)C2CCCCC2)cc1. The summed E-state index contributed by atoms with van der Waals surface area (Å²) in [6.07, 6.45) is 5.47. The molecular formula is C16H25NO2S. The predicted molar refractivity (Wildman–Crippen MR) is 82.4 cm³/mol. The van der Waals surface area contributed by atoms with Crippen molar-refractivity contribution in [2.45, 2.75) is 62.8 Å². The average molecular weight is 295 g/mol. The minimum Gasteiger partial charge on any atom is -0.207 e. The van der Waals surface area contributed by atoms with Gasteiger partial charge in [0.1, 0.15) is 0 Å². The Bertz CT molecular complexity index is 528. The van der Waals surface area contributed by atoms with Crippen molar-refractivity contribution in [3.63, 3.8) is 0 Å². The summed E-state index contributed by atoms with van der Waals surface area (Å²) < 4.78 is 26.9. The Hall–Kier alpha value is -0.870. The highest BCUT2D eigenvalue weighted by Gasteiger charge is 2.28. The molecule has 4 heteroatoms. The van der Waals surface area contributed by atoms with Gasteiger partial charge in [0.2, 0.25) is 10.0 Å². The van der Waals surface area contributed by atoms with E-state index in [4.69, 9.17) is 0 Å². The molecule has 0 aromatic heterocycles. The zero-order valence-corrected chi connectivity index (χ0v) is 13.5.